The van der Waals surface area contributed by atoms with E-state index in [0.717, 1.165) is 0 Å². The fourth-order valence-corrected chi connectivity index (χ4v) is 4.64. The van der Waals surface area contributed by atoms with Crippen LogP contribution in [0.25, 0.3) is 22.2 Å². The largest absolute Gasteiger partial charge is 0.494 e. The van der Waals surface area contributed by atoms with Crippen LogP contribution in [0.5, 0.6) is 5.75 Å². The zero-order valence-corrected chi connectivity index (χ0v) is 23.2. The van der Waals surface area contributed by atoms with Gasteiger partial charge in [0.1, 0.15) is 22.5 Å². The third-order valence-corrected chi connectivity index (χ3v) is 6.61. The van der Waals surface area contributed by atoms with Crippen LogP contribution < -0.4 is 27.3 Å². The van der Waals surface area contributed by atoms with E-state index < -0.39 is 17.7 Å². The second-order valence-corrected chi connectivity index (χ2v) is 9.38. The number of hydrogen-bond donors (Lipinski definition) is 4. The molecule has 4 aromatic heterocycles. The Bertz CT molecular complexity index is 1900. The average Bonchev–Trinajstić information content (AvgIpc) is 3.61. The first-order chi connectivity index (χ1) is 20.1. The molecule has 0 aliphatic heterocycles. The number of pyridine rings is 1. The lowest BCUT2D eigenvalue weighted by atomic mass is 10.1. The number of ether oxygens (including phenoxy) is 1. The minimum Gasteiger partial charge on any atom is -0.494 e. The molecule has 5 rings (SSSR count). The lowest BCUT2D eigenvalue weighted by molar-refractivity contribution is 0.0991. The minimum absolute atomic E-state index is 0.191. The van der Waals surface area contributed by atoms with Gasteiger partial charge in [-0.2, -0.15) is 5.10 Å². The molecule has 0 atom stereocenters. The average molecular weight is 572 g/mol. The Kier molecular flexibility index (Phi) is 7.31. The molecule has 0 spiro atoms. The lowest BCUT2D eigenvalue weighted by Crippen LogP contribution is -2.20. The number of primary amides is 2. The highest BCUT2D eigenvalue weighted by Crippen LogP contribution is 2.29. The van der Waals surface area contributed by atoms with Crippen LogP contribution in [-0.2, 0) is 19.6 Å². The van der Waals surface area contributed by atoms with E-state index in [4.69, 9.17) is 21.9 Å². The number of carbonyl (C=O) groups is 3. The molecule has 0 fully saturated rings. The molecule has 0 aliphatic rings. The molecular weight excluding hydrogens is 542 g/mol. The molecule has 0 saturated heterocycles. The Morgan fingerprint density at radius 2 is 1.67 bits per heavy atom. The molecule has 216 valence electrons. The van der Waals surface area contributed by atoms with Crippen molar-refractivity contribution in [1.29, 1.82) is 0 Å². The van der Waals surface area contributed by atoms with Crippen molar-refractivity contribution in [3.05, 3.63) is 65.1 Å². The number of amides is 3. The molecule has 0 unspecified atom stereocenters. The zero-order valence-electron chi connectivity index (χ0n) is 23.2. The van der Waals surface area contributed by atoms with Crippen molar-refractivity contribution in [2.45, 2.75) is 33.5 Å². The molecule has 1 aromatic carbocycles. The van der Waals surface area contributed by atoms with Crippen LogP contribution in [0.1, 0.15) is 43.8 Å². The van der Waals surface area contributed by atoms with Gasteiger partial charge in [0, 0.05) is 31.4 Å². The number of anilines is 2. The Morgan fingerprint density at radius 3 is 2.33 bits per heavy atom. The second-order valence-electron chi connectivity index (χ2n) is 9.38. The number of carbonyl (C=O) groups excluding carboxylic acids is 3. The minimum atomic E-state index is -0.643. The topological polar surface area (TPSA) is 217 Å². The van der Waals surface area contributed by atoms with Crippen molar-refractivity contribution >= 4 is 51.8 Å². The Balaban J connectivity index is 1.46. The fourth-order valence-electron chi connectivity index (χ4n) is 4.64. The summed E-state index contributed by atoms with van der Waals surface area (Å²) in [7, 11) is 1.48. The fraction of sp³-hybridized carbons (Fsp3) is 0.222. The van der Waals surface area contributed by atoms with Gasteiger partial charge in [-0.05, 0) is 38.1 Å². The van der Waals surface area contributed by atoms with Crippen LogP contribution in [-0.4, -0.2) is 58.7 Å². The number of methoxy groups -OCH3 is 1. The molecule has 15 heteroatoms. The van der Waals surface area contributed by atoms with E-state index in [1.807, 2.05) is 19.1 Å². The van der Waals surface area contributed by atoms with Gasteiger partial charge in [0.05, 0.1) is 23.9 Å². The van der Waals surface area contributed by atoms with Crippen molar-refractivity contribution in [2.24, 2.45) is 11.5 Å². The van der Waals surface area contributed by atoms with Crippen LogP contribution in [0.15, 0.2) is 42.6 Å². The highest BCUT2D eigenvalue weighted by molar-refractivity contribution is 6.03. The quantitative estimate of drug-likeness (QED) is 0.179. The normalized spacial score (nSPS) is 11.5. The molecule has 5 aromatic rings. The van der Waals surface area contributed by atoms with Gasteiger partial charge in [0.25, 0.3) is 5.91 Å². The van der Waals surface area contributed by atoms with E-state index in [-0.39, 0.29) is 29.6 Å². The first-order valence-electron chi connectivity index (χ1n) is 12.9. The van der Waals surface area contributed by atoms with Crippen LogP contribution in [0.4, 0.5) is 11.9 Å². The summed E-state index contributed by atoms with van der Waals surface area (Å²) < 4.78 is 10.5. The predicted octanol–water partition coefficient (Wildman–Crippen LogP) is 1.60. The van der Waals surface area contributed by atoms with Gasteiger partial charge in [-0.3, -0.25) is 28.9 Å². The maximum Gasteiger partial charge on any atom is 0.276 e. The van der Waals surface area contributed by atoms with Crippen molar-refractivity contribution in [2.75, 3.05) is 18.2 Å². The number of imidazole rings is 2. The first-order valence-corrected chi connectivity index (χ1v) is 12.9. The Morgan fingerprint density at radius 1 is 0.976 bits per heavy atom. The number of nitrogens with one attached hydrogen (secondary N) is 1. The van der Waals surface area contributed by atoms with Crippen LogP contribution in [0.3, 0.4) is 0 Å². The smallest absolute Gasteiger partial charge is 0.276 e. The monoisotopic (exact) mass is 571 g/mol. The first kappa shape index (κ1) is 27.8. The Hall–Kier alpha value is -5.73. The van der Waals surface area contributed by atoms with Crippen LogP contribution in [0.2, 0.25) is 0 Å². The van der Waals surface area contributed by atoms with Crippen molar-refractivity contribution in [3.63, 3.8) is 0 Å². The summed E-state index contributed by atoms with van der Waals surface area (Å²) in [4.78, 5) is 49.9. The number of aromatic nitrogens is 7. The maximum absolute atomic E-state index is 13.2. The summed E-state index contributed by atoms with van der Waals surface area (Å²) >= 11 is 0. The molecule has 3 amide bonds. The van der Waals surface area contributed by atoms with Gasteiger partial charge in [0.15, 0.2) is 5.65 Å². The number of rotatable bonds is 10. The van der Waals surface area contributed by atoms with Crippen LogP contribution in [0, 0.1) is 6.92 Å². The van der Waals surface area contributed by atoms with E-state index in [9.17, 15) is 14.4 Å². The number of hydrogen-bond acceptors (Lipinski definition) is 9. The Labute approximate surface area is 239 Å². The standard InChI is InChI=1S/C27H29N11O4/c1-4-38-19(9-14(2)35-38)25(41)34-27-33-18-11-16(23(29)40)13-31-24(18)37(27)8-6-5-7-36-21-17(32-26(36)30)10-15(22(28)39)12-20(21)42-3/h5-6,9-13H,4,7-8H2,1-3H3,(H2,28,39)(H2,29,40)(H2,30,32)(H,33,34,41). The molecule has 0 saturated carbocycles. The number of nitrogen functional groups attached to an aromatic ring is 1. The highest BCUT2D eigenvalue weighted by atomic mass is 16.5. The van der Waals surface area contributed by atoms with Gasteiger partial charge in [-0.15, -0.1) is 0 Å². The van der Waals surface area contributed by atoms with Crippen molar-refractivity contribution in [3.8, 4) is 5.75 Å². The molecule has 0 aliphatic carbocycles. The number of allylic oxidation sites excluding steroid dienone is 2. The van der Waals surface area contributed by atoms with Gasteiger partial charge in [-0.25, -0.2) is 15.0 Å². The van der Waals surface area contributed by atoms with Crippen LogP contribution >= 0.6 is 0 Å². The summed E-state index contributed by atoms with van der Waals surface area (Å²) in [6, 6.07) is 6.31. The van der Waals surface area contributed by atoms with Crippen molar-refractivity contribution < 1.29 is 19.1 Å². The highest BCUT2D eigenvalue weighted by Gasteiger charge is 2.20. The molecule has 0 radical (unpaired) electrons. The predicted molar refractivity (Wildman–Crippen MR) is 155 cm³/mol. The lowest BCUT2D eigenvalue weighted by Gasteiger charge is -2.09. The third-order valence-electron chi connectivity index (χ3n) is 6.61. The van der Waals surface area contributed by atoms with Gasteiger partial charge in [0.2, 0.25) is 23.7 Å². The third kappa shape index (κ3) is 5.10. The van der Waals surface area contributed by atoms with Crippen molar-refractivity contribution in [1.82, 2.24) is 33.9 Å². The summed E-state index contributed by atoms with van der Waals surface area (Å²) in [6.07, 6.45) is 5.05. The summed E-state index contributed by atoms with van der Waals surface area (Å²) in [5.74, 6) is -0.795. The van der Waals surface area contributed by atoms with E-state index in [2.05, 4.69) is 25.4 Å². The molecule has 7 N–H and O–H groups in total. The second kappa shape index (κ2) is 11.0. The van der Waals surface area contributed by atoms with E-state index in [1.165, 1.54) is 25.4 Å². The summed E-state index contributed by atoms with van der Waals surface area (Å²) in [5.41, 5.74) is 20.5. The number of nitrogens with zero attached hydrogens (tertiary/aromatic N) is 7. The number of nitrogens with two attached hydrogens (primary N) is 3. The summed E-state index contributed by atoms with van der Waals surface area (Å²) in [6.45, 7) is 4.79. The molecule has 15 nitrogen and oxygen atoms in total. The van der Waals surface area contributed by atoms with E-state index in [1.54, 1.807) is 32.9 Å². The molecule has 4 heterocycles. The summed E-state index contributed by atoms with van der Waals surface area (Å²) in [5, 5.41) is 7.17. The maximum atomic E-state index is 13.2. The zero-order chi connectivity index (χ0) is 30.1. The molecule has 0 bridgehead atoms. The van der Waals surface area contributed by atoms with Gasteiger partial charge >= 0.3 is 0 Å². The van der Waals surface area contributed by atoms with E-state index >= 15 is 0 Å². The number of aryl methyl sites for hydroxylation is 2. The number of fused-ring (bicyclic) bond motifs is 2. The van der Waals surface area contributed by atoms with Gasteiger partial charge < -0.3 is 26.5 Å². The molecular formula is C27H29N11O4. The number of benzene rings is 1. The van der Waals surface area contributed by atoms with E-state index in [0.29, 0.717) is 52.4 Å². The van der Waals surface area contributed by atoms with Gasteiger partial charge in [-0.1, -0.05) is 12.2 Å². The SMILES string of the molecule is CCn1nc(C)cc1C(=O)Nc1nc2cc(C(N)=O)cnc2n1CC=CCn1c(N)nc2cc(C(N)=O)cc(OC)c21. The molecule has 42 heavy (non-hydrogen) atoms.